The van der Waals surface area contributed by atoms with Crippen LogP contribution in [0.5, 0.6) is 0 Å². The van der Waals surface area contributed by atoms with Gasteiger partial charge >= 0.3 is 6.18 Å². The summed E-state index contributed by atoms with van der Waals surface area (Å²) in [6, 6.07) is 2.14. The Bertz CT molecular complexity index is 464. The van der Waals surface area contributed by atoms with Crippen molar-refractivity contribution in [2.24, 2.45) is 0 Å². The second-order valence-corrected chi connectivity index (χ2v) is 3.96. The molecule has 0 saturated carbocycles. The van der Waals surface area contributed by atoms with E-state index in [-0.39, 0.29) is 18.0 Å². The number of hydrogen-bond donors (Lipinski definition) is 2. The Labute approximate surface area is 111 Å². The second kappa shape index (κ2) is 6.21. The fourth-order valence-corrected chi connectivity index (χ4v) is 1.44. The molecule has 1 aromatic rings. The fraction of sp³-hybridized carbons (Fsp3) is 0.364. The molecule has 0 fully saturated rings. The molecule has 0 aromatic heterocycles. The van der Waals surface area contributed by atoms with Crippen LogP contribution in [0.4, 0.5) is 17.6 Å². The summed E-state index contributed by atoms with van der Waals surface area (Å²) in [5.41, 5.74) is -1.61. The maximum absolute atomic E-state index is 13.0. The van der Waals surface area contributed by atoms with Gasteiger partial charge in [-0.1, -0.05) is 6.07 Å². The molecule has 106 valence electrons. The lowest BCUT2D eigenvalue weighted by molar-refractivity contribution is -0.140. The molecule has 1 amide bonds. The Morgan fingerprint density at radius 3 is 2.58 bits per heavy atom. The zero-order chi connectivity index (χ0) is 14.6. The highest BCUT2D eigenvalue weighted by Gasteiger charge is 2.34. The predicted molar refractivity (Wildman–Crippen MR) is 60.1 cm³/mol. The standard InChI is InChI=1S/C11H10ClF4NO2/c12-4-10(19)17-5-9(18)6-1-2-8(13)7(3-6)11(14,15)16/h1-3,9,18H,4-5H2,(H,17,19). The van der Waals surface area contributed by atoms with Gasteiger partial charge in [-0.3, -0.25) is 4.79 Å². The fourth-order valence-electron chi connectivity index (χ4n) is 1.34. The largest absolute Gasteiger partial charge is 0.419 e. The van der Waals surface area contributed by atoms with Crippen LogP contribution in [-0.2, 0) is 11.0 Å². The molecule has 0 saturated heterocycles. The van der Waals surface area contributed by atoms with Crippen molar-refractivity contribution in [3.05, 3.63) is 35.1 Å². The van der Waals surface area contributed by atoms with E-state index in [0.29, 0.717) is 12.1 Å². The van der Waals surface area contributed by atoms with Gasteiger partial charge in [0, 0.05) is 6.54 Å². The van der Waals surface area contributed by atoms with Gasteiger partial charge in [-0.15, -0.1) is 11.6 Å². The molecule has 0 aliphatic rings. The lowest BCUT2D eigenvalue weighted by atomic mass is 10.1. The Morgan fingerprint density at radius 1 is 1.42 bits per heavy atom. The predicted octanol–water partition coefficient (Wildman–Crippen LogP) is 2.23. The molecule has 2 N–H and O–H groups in total. The number of aliphatic hydroxyl groups excluding tert-OH is 1. The van der Waals surface area contributed by atoms with Gasteiger partial charge in [-0.25, -0.2) is 4.39 Å². The SMILES string of the molecule is O=C(CCl)NCC(O)c1ccc(F)c(C(F)(F)F)c1. The van der Waals surface area contributed by atoms with E-state index in [1.54, 1.807) is 0 Å². The van der Waals surface area contributed by atoms with Crippen LogP contribution >= 0.6 is 11.6 Å². The highest BCUT2D eigenvalue weighted by Crippen LogP contribution is 2.32. The summed E-state index contributed by atoms with van der Waals surface area (Å²) in [7, 11) is 0. The first-order chi connectivity index (χ1) is 8.75. The lowest BCUT2D eigenvalue weighted by Crippen LogP contribution is -2.29. The molecule has 19 heavy (non-hydrogen) atoms. The zero-order valence-corrected chi connectivity index (χ0v) is 10.2. The third-order valence-electron chi connectivity index (χ3n) is 2.29. The third kappa shape index (κ3) is 4.36. The molecule has 3 nitrogen and oxygen atoms in total. The Morgan fingerprint density at radius 2 is 2.05 bits per heavy atom. The van der Waals surface area contributed by atoms with Crippen molar-refractivity contribution in [2.45, 2.75) is 12.3 Å². The molecule has 1 atom stereocenters. The number of alkyl halides is 4. The summed E-state index contributed by atoms with van der Waals surface area (Å²) >= 11 is 5.20. The first-order valence-electron chi connectivity index (χ1n) is 5.13. The van der Waals surface area contributed by atoms with Crippen LogP contribution in [-0.4, -0.2) is 23.4 Å². The number of halogens is 5. The first kappa shape index (κ1) is 15.7. The zero-order valence-electron chi connectivity index (χ0n) is 9.47. The molecule has 1 rings (SSSR count). The molecular formula is C11H10ClF4NO2. The maximum Gasteiger partial charge on any atom is 0.419 e. The van der Waals surface area contributed by atoms with Crippen LogP contribution in [0.15, 0.2) is 18.2 Å². The van der Waals surface area contributed by atoms with E-state index in [4.69, 9.17) is 11.6 Å². The molecule has 0 aliphatic carbocycles. The maximum atomic E-state index is 13.0. The molecular weight excluding hydrogens is 290 g/mol. The van der Waals surface area contributed by atoms with Gasteiger partial charge in [0.2, 0.25) is 5.91 Å². The van der Waals surface area contributed by atoms with E-state index < -0.39 is 29.6 Å². The smallest absolute Gasteiger partial charge is 0.387 e. The van der Waals surface area contributed by atoms with Crippen molar-refractivity contribution in [3.63, 3.8) is 0 Å². The summed E-state index contributed by atoms with van der Waals surface area (Å²) < 4.78 is 50.4. The molecule has 0 bridgehead atoms. The molecule has 0 heterocycles. The first-order valence-corrected chi connectivity index (χ1v) is 5.66. The monoisotopic (exact) mass is 299 g/mol. The van der Waals surface area contributed by atoms with Crippen molar-refractivity contribution in [3.8, 4) is 0 Å². The topological polar surface area (TPSA) is 49.3 Å². The van der Waals surface area contributed by atoms with Crippen molar-refractivity contribution in [1.82, 2.24) is 5.32 Å². The minimum Gasteiger partial charge on any atom is -0.387 e. The van der Waals surface area contributed by atoms with Crippen LogP contribution in [0.3, 0.4) is 0 Å². The van der Waals surface area contributed by atoms with E-state index in [1.807, 2.05) is 0 Å². The number of rotatable bonds is 4. The Kier molecular flexibility index (Phi) is 5.13. The van der Waals surface area contributed by atoms with Gasteiger partial charge in [-0.05, 0) is 17.7 Å². The Balaban J connectivity index is 2.87. The summed E-state index contributed by atoms with van der Waals surface area (Å²) in [6.45, 7) is -0.311. The molecule has 8 heteroatoms. The minimum atomic E-state index is -4.85. The quantitative estimate of drug-likeness (QED) is 0.662. The second-order valence-electron chi connectivity index (χ2n) is 3.69. The van der Waals surface area contributed by atoms with Crippen LogP contribution in [0.25, 0.3) is 0 Å². The van der Waals surface area contributed by atoms with Crippen LogP contribution in [0.1, 0.15) is 17.2 Å². The van der Waals surface area contributed by atoms with Crippen LogP contribution in [0.2, 0.25) is 0 Å². The normalized spacial score (nSPS) is 13.2. The minimum absolute atomic E-state index is 0.149. The number of carbonyl (C=O) groups excluding carboxylic acids is 1. The highest BCUT2D eigenvalue weighted by molar-refractivity contribution is 6.27. The molecule has 0 radical (unpaired) electrons. The van der Waals surface area contributed by atoms with Gasteiger partial charge in [0.25, 0.3) is 0 Å². The third-order valence-corrected chi connectivity index (χ3v) is 2.54. The van der Waals surface area contributed by atoms with E-state index in [2.05, 4.69) is 5.32 Å². The average molecular weight is 300 g/mol. The van der Waals surface area contributed by atoms with Crippen LogP contribution < -0.4 is 5.32 Å². The van der Waals surface area contributed by atoms with Crippen molar-refractivity contribution in [1.29, 1.82) is 0 Å². The van der Waals surface area contributed by atoms with E-state index in [0.717, 1.165) is 6.07 Å². The summed E-state index contributed by atoms with van der Waals surface area (Å²) in [4.78, 5) is 10.8. The van der Waals surface area contributed by atoms with Crippen LogP contribution in [0, 0.1) is 5.82 Å². The molecule has 1 unspecified atom stereocenters. The summed E-state index contributed by atoms with van der Waals surface area (Å²) in [6.07, 6.45) is -6.23. The number of aliphatic hydroxyl groups is 1. The lowest BCUT2D eigenvalue weighted by Gasteiger charge is -2.14. The molecule has 0 aliphatic heterocycles. The molecule has 1 aromatic carbocycles. The van der Waals surface area contributed by atoms with E-state index in [1.165, 1.54) is 0 Å². The number of amides is 1. The number of benzene rings is 1. The summed E-state index contributed by atoms with van der Waals surface area (Å²) in [5, 5.41) is 11.8. The number of nitrogens with one attached hydrogen (secondary N) is 1. The van der Waals surface area contributed by atoms with Crippen molar-refractivity contribution >= 4 is 17.5 Å². The van der Waals surface area contributed by atoms with Crippen molar-refractivity contribution < 1.29 is 27.5 Å². The van der Waals surface area contributed by atoms with E-state index in [9.17, 15) is 27.5 Å². The van der Waals surface area contributed by atoms with Gasteiger partial charge < -0.3 is 10.4 Å². The number of carbonyl (C=O) groups is 1. The van der Waals surface area contributed by atoms with Gasteiger partial charge in [0.1, 0.15) is 11.7 Å². The highest BCUT2D eigenvalue weighted by atomic mass is 35.5. The van der Waals surface area contributed by atoms with Crippen molar-refractivity contribution in [2.75, 3.05) is 12.4 Å². The summed E-state index contributed by atoms with van der Waals surface area (Å²) in [5.74, 6) is -2.32. The van der Waals surface area contributed by atoms with Gasteiger partial charge in [0.15, 0.2) is 0 Å². The molecule has 0 spiro atoms. The number of hydrogen-bond acceptors (Lipinski definition) is 2. The average Bonchev–Trinajstić information content (AvgIpc) is 2.34. The van der Waals surface area contributed by atoms with E-state index >= 15 is 0 Å². The Hall–Kier alpha value is -1.34. The van der Waals surface area contributed by atoms with Gasteiger partial charge in [0.05, 0.1) is 11.7 Å². The van der Waals surface area contributed by atoms with Gasteiger partial charge in [-0.2, -0.15) is 13.2 Å².